The quantitative estimate of drug-likeness (QED) is 0.517. The number of amides is 1. The monoisotopic (exact) mass is 380 g/mol. The standard InChI is InChI=1S/C13H10Cl2N8O2/c1-6-10(23(22-18-6)12-11(16)20-25-21-12)13(24)19-17-5-7-2-3-8(14)4-9(7)15/h2-5H,1H3,(H2,16,20)(H,19,24). The van der Waals surface area contributed by atoms with E-state index in [1.807, 2.05) is 0 Å². The topological polar surface area (TPSA) is 137 Å². The van der Waals surface area contributed by atoms with Crippen LogP contribution in [0.5, 0.6) is 0 Å². The van der Waals surface area contributed by atoms with Crippen LogP contribution in [0.2, 0.25) is 10.0 Å². The van der Waals surface area contributed by atoms with Crippen molar-refractivity contribution in [3.63, 3.8) is 0 Å². The van der Waals surface area contributed by atoms with Gasteiger partial charge in [-0.05, 0) is 29.4 Å². The number of nitrogen functional groups attached to an aromatic ring is 1. The fourth-order valence-corrected chi connectivity index (χ4v) is 2.38. The lowest BCUT2D eigenvalue weighted by Gasteiger charge is -2.03. The highest BCUT2D eigenvalue weighted by Gasteiger charge is 2.22. The first-order chi connectivity index (χ1) is 12.0. The zero-order chi connectivity index (χ0) is 18.0. The molecule has 12 heteroatoms. The van der Waals surface area contributed by atoms with Crippen molar-refractivity contribution >= 4 is 41.1 Å². The molecule has 0 saturated carbocycles. The highest BCUT2D eigenvalue weighted by molar-refractivity contribution is 6.36. The number of nitrogens with two attached hydrogens (primary N) is 1. The Morgan fingerprint density at radius 3 is 2.88 bits per heavy atom. The third-order valence-corrected chi connectivity index (χ3v) is 3.64. The summed E-state index contributed by atoms with van der Waals surface area (Å²) in [4.78, 5) is 12.4. The molecule has 0 fully saturated rings. The first-order valence-electron chi connectivity index (χ1n) is 6.76. The van der Waals surface area contributed by atoms with Crippen LogP contribution in [0.25, 0.3) is 5.82 Å². The summed E-state index contributed by atoms with van der Waals surface area (Å²) in [5.41, 5.74) is 8.98. The minimum atomic E-state index is -0.578. The van der Waals surface area contributed by atoms with Gasteiger partial charge < -0.3 is 5.73 Å². The van der Waals surface area contributed by atoms with Crippen molar-refractivity contribution in [2.45, 2.75) is 6.92 Å². The van der Waals surface area contributed by atoms with Crippen LogP contribution in [-0.2, 0) is 0 Å². The number of anilines is 1. The van der Waals surface area contributed by atoms with Crippen molar-refractivity contribution in [3.8, 4) is 5.82 Å². The summed E-state index contributed by atoms with van der Waals surface area (Å²) >= 11 is 11.8. The molecule has 128 valence electrons. The molecule has 0 saturated heterocycles. The number of hydrogen-bond acceptors (Lipinski definition) is 8. The minimum absolute atomic E-state index is 0.0320. The van der Waals surface area contributed by atoms with Gasteiger partial charge in [-0.2, -0.15) is 9.78 Å². The maximum atomic E-state index is 12.4. The van der Waals surface area contributed by atoms with Gasteiger partial charge in [0.15, 0.2) is 5.69 Å². The number of nitrogens with one attached hydrogen (secondary N) is 1. The maximum absolute atomic E-state index is 12.4. The van der Waals surface area contributed by atoms with E-state index in [9.17, 15) is 4.79 Å². The Balaban J connectivity index is 1.81. The van der Waals surface area contributed by atoms with E-state index in [0.717, 1.165) is 4.68 Å². The molecule has 1 amide bonds. The summed E-state index contributed by atoms with van der Waals surface area (Å²) in [5, 5.41) is 19.4. The Morgan fingerprint density at radius 2 is 2.20 bits per heavy atom. The third kappa shape index (κ3) is 3.44. The van der Waals surface area contributed by atoms with Crippen LogP contribution in [-0.4, -0.2) is 37.4 Å². The van der Waals surface area contributed by atoms with Crippen molar-refractivity contribution < 1.29 is 9.42 Å². The summed E-state index contributed by atoms with van der Waals surface area (Å²) in [7, 11) is 0. The van der Waals surface area contributed by atoms with Crippen LogP contribution in [0.15, 0.2) is 27.9 Å². The molecule has 2 aromatic heterocycles. The molecule has 0 bridgehead atoms. The normalized spacial score (nSPS) is 11.2. The van der Waals surface area contributed by atoms with E-state index in [4.69, 9.17) is 28.9 Å². The second-order valence-corrected chi connectivity index (χ2v) is 5.62. The molecule has 0 aliphatic heterocycles. The van der Waals surface area contributed by atoms with E-state index < -0.39 is 5.91 Å². The summed E-state index contributed by atoms with van der Waals surface area (Å²) < 4.78 is 5.62. The molecular formula is C13H10Cl2N8O2. The minimum Gasteiger partial charge on any atom is -0.378 e. The molecule has 0 atom stereocenters. The number of benzene rings is 1. The Labute approximate surface area is 150 Å². The fourth-order valence-electron chi connectivity index (χ4n) is 1.92. The van der Waals surface area contributed by atoms with Crippen LogP contribution in [0.1, 0.15) is 21.7 Å². The Bertz CT molecular complexity index is 965. The van der Waals surface area contributed by atoms with E-state index in [1.165, 1.54) is 6.21 Å². The van der Waals surface area contributed by atoms with Gasteiger partial charge in [0, 0.05) is 10.6 Å². The van der Waals surface area contributed by atoms with Crippen LogP contribution in [0, 0.1) is 6.92 Å². The number of nitrogens with zero attached hydrogens (tertiary/aromatic N) is 6. The average Bonchev–Trinajstić information content (AvgIpc) is 3.14. The van der Waals surface area contributed by atoms with Crippen LogP contribution in [0.3, 0.4) is 0 Å². The van der Waals surface area contributed by atoms with Gasteiger partial charge in [0.1, 0.15) is 0 Å². The molecule has 1 aromatic carbocycles. The van der Waals surface area contributed by atoms with Gasteiger partial charge in [-0.1, -0.05) is 34.5 Å². The highest BCUT2D eigenvalue weighted by atomic mass is 35.5. The largest absolute Gasteiger partial charge is 0.378 e. The lowest BCUT2D eigenvalue weighted by Crippen LogP contribution is -2.22. The molecule has 10 nitrogen and oxygen atoms in total. The zero-order valence-electron chi connectivity index (χ0n) is 12.6. The van der Waals surface area contributed by atoms with Gasteiger partial charge in [-0.3, -0.25) is 4.79 Å². The molecule has 3 aromatic rings. The Hall–Kier alpha value is -2.98. The second-order valence-electron chi connectivity index (χ2n) is 4.77. The van der Waals surface area contributed by atoms with E-state index in [0.29, 0.717) is 21.3 Å². The predicted octanol–water partition coefficient (Wildman–Crippen LogP) is 1.61. The predicted molar refractivity (Wildman–Crippen MR) is 89.9 cm³/mol. The van der Waals surface area contributed by atoms with Crippen molar-refractivity contribution in [1.29, 1.82) is 0 Å². The molecule has 0 radical (unpaired) electrons. The van der Waals surface area contributed by atoms with Crippen molar-refractivity contribution in [2.75, 3.05) is 5.73 Å². The van der Waals surface area contributed by atoms with Gasteiger partial charge in [0.25, 0.3) is 5.91 Å². The number of aromatic nitrogens is 5. The van der Waals surface area contributed by atoms with Gasteiger partial charge in [0.2, 0.25) is 11.6 Å². The second kappa shape index (κ2) is 6.87. The molecule has 2 heterocycles. The molecule has 25 heavy (non-hydrogen) atoms. The molecule has 0 unspecified atom stereocenters. The van der Waals surface area contributed by atoms with E-state index in [1.54, 1.807) is 25.1 Å². The van der Waals surface area contributed by atoms with Crippen molar-refractivity contribution in [2.24, 2.45) is 5.10 Å². The maximum Gasteiger partial charge on any atom is 0.292 e. The number of carbonyl (C=O) groups is 1. The number of hydrazone groups is 1. The molecular weight excluding hydrogens is 371 g/mol. The number of carbonyl (C=O) groups excluding carboxylic acids is 1. The fraction of sp³-hybridized carbons (Fsp3) is 0.0769. The van der Waals surface area contributed by atoms with Gasteiger partial charge in [-0.25, -0.2) is 10.1 Å². The van der Waals surface area contributed by atoms with Crippen molar-refractivity contribution in [3.05, 3.63) is 45.2 Å². The summed E-state index contributed by atoms with van der Waals surface area (Å²) in [5.74, 6) is -0.558. The lowest BCUT2D eigenvalue weighted by atomic mass is 10.2. The summed E-state index contributed by atoms with van der Waals surface area (Å²) in [6, 6.07) is 4.88. The molecule has 3 N–H and O–H groups in total. The molecule has 0 aliphatic rings. The van der Waals surface area contributed by atoms with Gasteiger partial charge >= 0.3 is 0 Å². The zero-order valence-corrected chi connectivity index (χ0v) is 14.2. The van der Waals surface area contributed by atoms with Crippen LogP contribution >= 0.6 is 23.2 Å². The lowest BCUT2D eigenvalue weighted by molar-refractivity contribution is 0.0946. The highest BCUT2D eigenvalue weighted by Crippen LogP contribution is 2.19. The first-order valence-corrected chi connectivity index (χ1v) is 7.52. The summed E-state index contributed by atoms with van der Waals surface area (Å²) in [6.45, 7) is 1.60. The average molecular weight is 381 g/mol. The first kappa shape index (κ1) is 16.9. The number of hydrogen-bond donors (Lipinski definition) is 2. The Morgan fingerprint density at radius 1 is 1.40 bits per heavy atom. The smallest absolute Gasteiger partial charge is 0.292 e. The van der Waals surface area contributed by atoms with Gasteiger partial charge in [-0.15, -0.1) is 5.10 Å². The molecule has 0 aliphatic carbocycles. The van der Waals surface area contributed by atoms with E-state index >= 15 is 0 Å². The van der Waals surface area contributed by atoms with Crippen molar-refractivity contribution in [1.82, 2.24) is 30.7 Å². The molecule has 3 rings (SSSR count). The Kier molecular flexibility index (Phi) is 4.63. The number of rotatable bonds is 4. The number of halogens is 2. The SMILES string of the molecule is Cc1nnn(-c2nonc2N)c1C(=O)NN=Cc1ccc(Cl)cc1Cl. The van der Waals surface area contributed by atoms with Gasteiger partial charge in [0.05, 0.1) is 16.9 Å². The summed E-state index contributed by atoms with van der Waals surface area (Å²) in [6.07, 6.45) is 1.38. The third-order valence-electron chi connectivity index (χ3n) is 3.08. The van der Waals surface area contributed by atoms with Crippen LogP contribution in [0.4, 0.5) is 5.82 Å². The van der Waals surface area contributed by atoms with E-state index in [2.05, 4.69) is 35.8 Å². The van der Waals surface area contributed by atoms with Crippen LogP contribution < -0.4 is 11.2 Å². The van der Waals surface area contributed by atoms with E-state index in [-0.39, 0.29) is 17.3 Å². The molecule has 0 spiro atoms. The number of aryl methyl sites for hydroxylation is 1.